The van der Waals surface area contributed by atoms with Gasteiger partial charge in [-0.3, -0.25) is 0 Å². The summed E-state index contributed by atoms with van der Waals surface area (Å²) in [6, 6.07) is 5.13. The molecule has 0 atom stereocenters. The van der Waals surface area contributed by atoms with E-state index >= 15 is 0 Å². The van der Waals surface area contributed by atoms with E-state index in [4.69, 9.17) is 0 Å². The van der Waals surface area contributed by atoms with Gasteiger partial charge in [0.15, 0.2) is 0 Å². The second-order valence-electron chi connectivity index (χ2n) is 6.46. The van der Waals surface area contributed by atoms with Gasteiger partial charge in [-0.25, -0.2) is 4.98 Å². The Morgan fingerprint density at radius 3 is 2.32 bits per heavy atom. The van der Waals surface area contributed by atoms with Crippen molar-refractivity contribution in [1.82, 2.24) is 9.88 Å². The number of aromatic nitrogens is 1. The summed E-state index contributed by atoms with van der Waals surface area (Å²) in [6.07, 6.45) is 5.98. The lowest BCUT2D eigenvalue weighted by molar-refractivity contribution is 0.249. The van der Waals surface area contributed by atoms with Crippen molar-refractivity contribution in [2.75, 3.05) is 32.1 Å². The highest BCUT2D eigenvalue weighted by Gasteiger charge is 2.32. The quantitative estimate of drug-likeness (QED) is 0.855. The first-order chi connectivity index (χ1) is 10.7. The first-order valence-electron chi connectivity index (χ1n) is 7.90. The molecule has 1 saturated heterocycles. The zero-order valence-corrected chi connectivity index (χ0v) is 13.2. The van der Waals surface area contributed by atoms with E-state index in [0.717, 1.165) is 50.2 Å². The van der Waals surface area contributed by atoms with E-state index in [0.29, 0.717) is 23.1 Å². The van der Waals surface area contributed by atoms with Crippen molar-refractivity contribution in [3.63, 3.8) is 0 Å². The predicted molar refractivity (Wildman–Crippen MR) is 84.6 cm³/mol. The van der Waals surface area contributed by atoms with Gasteiger partial charge >= 0.3 is 0 Å². The van der Waals surface area contributed by atoms with Crippen molar-refractivity contribution in [3.05, 3.63) is 22.9 Å². The Bertz CT molecular complexity index is 640. The van der Waals surface area contributed by atoms with Gasteiger partial charge < -0.3 is 9.80 Å². The van der Waals surface area contributed by atoms with E-state index in [1.807, 2.05) is 0 Å². The van der Waals surface area contributed by atoms with Crippen LogP contribution in [0.3, 0.4) is 0 Å². The van der Waals surface area contributed by atoms with Gasteiger partial charge in [0, 0.05) is 25.3 Å². The van der Waals surface area contributed by atoms with Crippen molar-refractivity contribution in [2.24, 2.45) is 0 Å². The van der Waals surface area contributed by atoms with Crippen molar-refractivity contribution in [3.8, 4) is 12.1 Å². The van der Waals surface area contributed by atoms with Crippen molar-refractivity contribution in [2.45, 2.75) is 37.6 Å². The van der Waals surface area contributed by atoms with Gasteiger partial charge in [-0.05, 0) is 51.3 Å². The molecule has 0 amide bonds. The summed E-state index contributed by atoms with van der Waals surface area (Å²) in [6.45, 7) is 1.83. The lowest BCUT2D eigenvalue weighted by Crippen LogP contribution is -2.42. The molecule has 1 saturated carbocycles. The molecule has 22 heavy (non-hydrogen) atoms. The Hall–Kier alpha value is -2.11. The first-order valence-corrected chi connectivity index (χ1v) is 7.90. The maximum Gasteiger partial charge on any atom is 0.146 e. The number of nitrogens with zero attached hydrogens (tertiary/aromatic N) is 5. The van der Waals surface area contributed by atoms with Gasteiger partial charge in [-0.2, -0.15) is 10.5 Å². The van der Waals surface area contributed by atoms with Crippen LogP contribution in [0.25, 0.3) is 0 Å². The lowest BCUT2D eigenvalue weighted by atomic mass is 9.98. The standard InChI is InChI=1S/C17H21N5/c1-21(2)14-5-7-22(8-6-14)17-15(10-19)16(12-3-4-12)13(9-18)11-20-17/h11-12,14H,3-8H2,1-2H3. The molecule has 3 rings (SSSR count). The van der Waals surface area contributed by atoms with E-state index in [9.17, 15) is 10.5 Å². The highest BCUT2D eigenvalue weighted by Crippen LogP contribution is 2.44. The van der Waals surface area contributed by atoms with Crippen molar-refractivity contribution in [1.29, 1.82) is 10.5 Å². The molecule has 0 bridgehead atoms. The number of pyridine rings is 1. The van der Waals surface area contributed by atoms with Crippen LogP contribution in [0.4, 0.5) is 5.82 Å². The van der Waals surface area contributed by atoms with Gasteiger partial charge in [-0.15, -0.1) is 0 Å². The molecule has 114 valence electrons. The average molecular weight is 295 g/mol. The number of piperidine rings is 1. The zero-order valence-electron chi connectivity index (χ0n) is 13.2. The summed E-state index contributed by atoms with van der Waals surface area (Å²) >= 11 is 0. The Balaban J connectivity index is 1.91. The van der Waals surface area contributed by atoms with Crippen LogP contribution in [0.1, 0.15) is 48.3 Å². The first kappa shape index (κ1) is 14.8. The molecule has 0 N–H and O–H groups in total. The Labute approximate surface area is 131 Å². The molecule has 5 nitrogen and oxygen atoms in total. The Morgan fingerprint density at radius 1 is 1.14 bits per heavy atom. The SMILES string of the molecule is CN(C)C1CCN(c2ncc(C#N)c(C3CC3)c2C#N)CC1. The van der Waals surface area contributed by atoms with Gasteiger partial charge in [0.1, 0.15) is 18.0 Å². The minimum atomic E-state index is 0.380. The second kappa shape index (κ2) is 5.94. The molecule has 0 radical (unpaired) electrons. The topological polar surface area (TPSA) is 66.9 Å². The second-order valence-corrected chi connectivity index (χ2v) is 6.46. The normalized spacial score (nSPS) is 19.0. The molecule has 0 spiro atoms. The minimum absolute atomic E-state index is 0.380. The predicted octanol–water partition coefficient (Wildman–Crippen LogP) is 2.23. The molecule has 1 aliphatic carbocycles. The third-order valence-corrected chi connectivity index (χ3v) is 4.81. The summed E-state index contributed by atoms with van der Waals surface area (Å²) in [5, 5.41) is 18.9. The van der Waals surface area contributed by atoms with Crippen LogP contribution in [0.2, 0.25) is 0 Å². The maximum absolute atomic E-state index is 9.63. The molecule has 1 aromatic rings. The molecular formula is C17H21N5. The third kappa shape index (κ3) is 2.65. The summed E-state index contributed by atoms with van der Waals surface area (Å²) in [7, 11) is 4.23. The van der Waals surface area contributed by atoms with Crippen LogP contribution in [-0.2, 0) is 0 Å². The largest absolute Gasteiger partial charge is 0.355 e. The number of hydrogen-bond donors (Lipinski definition) is 0. The summed E-state index contributed by atoms with van der Waals surface area (Å²) in [5.41, 5.74) is 2.14. The summed E-state index contributed by atoms with van der Waals surface area (Å²) in [4.78, 5) is 8.93. The third-order valence-electron chi connectivity index (χ3n) is 4.81. The van der Waals surface area contributed by atoms with E-state index in [1.54, 1.807) is 6.20 Å². The smallest absolute Gasteiger partial charge is 0.146 e. The molecule has 2 heterocycles. The van der Waals surface area contributed by atoms with E-state index < -0.39 is 0 Å². The minimum Gasteiger partial charge on any atom is -0.355 e. The van der Waals surface area contributed by atoms with Crippen molar-refractivity contribution < 1.29 is 0 Å². The fraction of sp³-hybridized carbons (Fsp3) is 0.588. The lowest BCUT2D eigenvalue weighted by Gasteiger charge is -2.36. The van der Waals surface area contributed by atoms with Gasteiger partial charge in [0.25, 0.3) is 0 Å². The maximum atomic E-state index is 9.63. The van der Waals surface area contributed by atoms with Gasteiger partial charge in [-0.1, -0.05) is 0 Å². The molecule has 2 fully saturated rings. The summed E-state index contributed by atoms with van der Waals surface area (Å²) in [5.74, 6) is 1.16. The number of anilines is 1. The number of nitriles is 2. The molecule has 0 aromatic carbocycles. The molecule has 1 aliphatic heterocycles. The molecule has 5 heteroatoms. The molecule has 2 aliphatic rings. The van der Waals surface area contributed by atoms with Gasteiger partial charge in [0.2, 0.25) is 0 Å². The molecule has 0 unspecified atom stereocenters. The van der Waals surface area contributed by atoms with Crippen molar-refractivity contribution >= 4 is 5.82 Å². The highest BCUT2D eigenvalue weighted by atomic mass is 15.2. The summed E-state index contributed by atoms with van der Waals surface area (Å²) < 4.78 is 0. The van der Waals surface area contributed by atoms with Gasteiger partial charge in [0.05, 0.1) is 11.1 Å². The fourth-order valence-electron chi connectivity index (χ4n) is 3.34. The van der Waals surface area contributed by atoms with Crippen LogP contribution in [0.5, 0.6) is 0 Å². The van der Waals surface area contributed by atoms with Crippen LogP contribution in [0.15, 0.2) is 6.20 Å². The Kier molecular flexibility index (Phi) is 4.00. The molecular weight excluding hydrogens is 274 g/mol. The van der Waals surface area contributed by atoms with Crippen LogP contribution >= 0.6 is 0 Å². The highest BCUT2D eigenvalue weighted by molar-refractivity contribution is 5.63. The van der Waals surface area contributed by atoms with Crippen LogP contribution in [-0.4, -0.2) is 43.1 Å². The van der Waals surface area contributed by atoms with E-state index in [2.05, 4.69) is 41.0 Å². The zero-order chi connectivity index (χ0) is 15.7. The van der Waals surface area contributed by atoms with E-state index in [1.165, 1.54) is 0 Å². The Morgan fingerprint density at radius 2 is 1.82 bits per heavy atom. The van der Waals surface area contributed by atoms with Crippen LogP contribution in [0, 0.1) is 22.7 Å². The number of hydrogen-bond acceptors (Lipinski definition) is 5. The van der Waals surface area contributed by atoms with Crippen LogP contribution < -0.4 is 4.90 Å². The van der Waals surface area contributed by atoms with E-state index in [-0.39, 0.29) is 0 Å². The average Bonchev–Trinajstić information content (AvgIpc) is 3.38. The monoisotopic (exact) mass is 295 g/mol. The molecule has 1 aromatic heterocycles. The number of rotatable bonds is 3. The fourth-order valence-corrected chi connectivity index (χ4v) is 3.34.